The van der Waals surface area contributed by atoms with Crippen LogP contribution in [0.4, 0.5) is 0 Å². The van der Waals surface area contributed by atoms with E-state index >= 15 is 0 Å². The zero-order valence-electron chi connectivity index (χ0n) is 50.5. The maximum Gasteiger partial charge on any atom is -0.0183 e. The van der Waals surface area contributed by atoms with Crippen LogP contribution in [0.5, 0.6) is 0 Å². The van der Waals surface area contributed by atoms with Crippen molar-refractivity contribution in [1.82, 2.24) is 0 Å². The Bertz CT molecular complexity index is 1380. The van der Waals surface area contributed by atoms with Crippen molar-refractivity contribution in [3.05, 3.63) is 71.3 Å². The van der Waals surface area contributed by atoms with Gasteiger partial charge in [-0.25, -0.2) is 0 Å². The van der Waals surface area contributed by atoms with E-state index in [9.17, 15) is 0 Å². The summed E-state index contributed by atoms with van der Waals surface area (Å²) in [5.74, 6) is 11.4. The number of aryl methyl sites for hydroxylation is 1. The lowest BCUT2D eigenvalue weighted by Gasteiger charge is -2.35. The molecule has 9 atom stereocenters. The van der Waals surface area contributed by atoms with Gasteiger partial charge in [0.15, 0.2) is 0 Å². The van der Waals surface area contributed by atoms with E-state index in [1.807, 2.05) is 0 Å². The lowest BCUT2D eigenvalue weighted by Crippen LogP contribution is -2.25. The Kier molecular flexibility index (Phi) is 35.5. The molecule has 1 aromatic carbocycles. The van der Waals surface area contributed by atoms with Crippen molar-refractivity contribution in [3.63, 3.8) is 0 Å². The summed E-state index contributed by atoms with van der Waals surface area (Å²) in [4.78, 5) is 0. The van der Waals surface area contributed by atoms with Crippen molar-refractivity contribution in [3.8, 4) is 0 Å². The normalized spacial score (nSPS) is 26.7. The summed E-state index contributed by atoms with van der Waals surface area (Å²) >= 11 is 0. The maximum absolute atomic E-state index is 4.05. The molecule has 398 valence electrons. The standard InChI is InChI=1S/C12H24.C12H18.2C11H22.2C11H20/c2*1-12(2,3)10-9-11-7-5-4-6-8-11;3*1-8(2)11-6-5-9(3)7-10(11)4;1-5-7-11(4)9-6-8-10(2)3/h11H,4-10H2,1-3H3;4-8H,9-10H2,1-3H3;2*8-11H,5-7H2,1-4H3;9-11H,1,5-7H2,2-4H3;7-8H,5-6,9H2,1-4H3/b;;;;;11-7-/t;;9-,10+,11+;2*9-,10-,11+;/m..111./s1. The van der Waals surface area contributed by atoms with Crippen molar-refractivity contribution in [2.24, 2.45) is 81.8 Å². The van der Waals surface area contributed by atoms with E-state index < -0.39 is 0 Å². The van der Waals surface area contributed by atoms with Crippen LogP contribution >= 0.6 is 0 Å². The summed E-state index contributed by atoms with van der Waals surface area (Å²) in [5, 5.41) is 0. The van der Waals surface area contributed by atoms with Gasteiger partial charge in [-0.05, 0) is 199 Å². The molecule has 68 heavy (non-hydrogen) atoms. The predicted octanol–water partition coefficient (Wildman–Crippen LogP) is 23.2. The summed E-state index contributed by atoms with van der Waals surface area (Å²) in [5.41, 5.74) is 6.80. The summed E-state index contributed by atoms with van der Waals surface area (Å²) < 4.78 is 0. The topological polar surface area (TPSA) is 0 Å². The summed E-state index contributed by atoms with van der Waals surface area (Å²) in [6.45, 7) is 52.7. The van der Waals surface area contributed by atoms with E-state index in [0.717, 1.165) is 71.0 Å². The first-order valence-electron chi connectivity index (χ1n) is 29.6. The minimum atomic E-state index is 0.454. The number of allylic oxidation sites excluding steroid dienone is 5. The van der Waals surface area contributed by atoms with Gasteiger partial charge in [0.05, 0.1) is 0 Å². The zero-order valence-corrected chi connectivity index (χ0v) is 50.5. The van der Waals surface area contributed by atoms with Gasteiger partial charge in [0.1, 0.15) is 0 Å². The molecule has 0 heterocycles. The Morgan fingerprint density at radius 1 is 0.588 bits per heavy atom. The van der Waals surface area contributed by atoms with Crippen LogP contribution in [-0.4, -0.2) is 0 Å². The van der Waals surface area contributed by atoms with E-state index in [4.69, 9.17) is 0 Å². The minimum absolute atomic E-state index is 0.454. The molecule has 1 aromatic rings. The lowest BCUT2D eigenvalue weighted by molar-refractivity contribution is 0.158. The van der Waals surface area contributed by atoms with Crippen LogP contribution in [0.25, 0.3) is 0 Å². The Labute approximate surface area is 431 Å². The van der Waals surface area contributed by atoms with Gasteiger partial charge in [0.2, 0.25) is 0 Å². The molecule has 4 fully saturated rings. The maximum atomic E-state index is 4.05. The molecule has 0 bridgehead atoms. The first-order chi connectivity index (χ1) is 31.6. The van der Waals surface area contributed by atoms with Crippen LogP contribution in [0.2, 0.25) is 0 Å². The van der Waals surface area contributed by atoms with Gasteiger partial charge in [-0.2, -0.15) is 0 Å². The molecule has 4 aliphatic carbocycles. The number of rotatable bonds is 11. The molecule has 0 amide bonds. The summed E-state index contributed by atoms with van der Waals surface area (Å²) in [6.07, 6.45) is 34.0. The highest BCUT2D eigenvalue weighted by atomic mass is 14.3. The van der Waals surface area contributed by atoms with Gasteiger partial charge in [0.25, 0.3) is 0 Å². The average Bonchev–Trinajstić information content (AvgIpc) is 3.23. The predicted molar refractivity (Wildman–Crippen MR) is 314 cm³/mol. The van der Waals surface area contributed by atoms with Crippen molar-refractivity contribution >= 4 is 0 Å². The van der Waals surface area contributed by atoms with Crippen LogP contribution in [0.3, 0.4) is 0 Å². The highest BCUT2D eigenvalue weighted by Crippen LogP contribution is 2.39. The van der Waals surface area contributed by atoms with Gasteiger partial charge < -0.3 is 0 Å². The highest BCUT2D eigenvalue weighted by Gasteiger charge is 2.28. The number of hydrogen-bond donors (Lipinski definition) is 0. The van der Waals surface area contributed by atoms with Gasteiger partial charge in [-0.15, -0.1) is 0 Å². The van der Waals surface area contributed by atoms with Crippen LogP contribution in [0.1, 0.15) is 279 Å². The van der Waals surface area contributed by atoms with Crippen LogP contribution in [0, 0.1) is 81.8 Å². The second-order valence-electron chi connectivity index (χ2n) is 27.4. The molecule has 0 saturated heterocycles. The highest BCUT2D eigenvalue weighted by molar-refractivity contribution is 5.14. The third kappa shape index (κ3) is 34.7. The quantitative estimate of drug-likeness (QED) is 0.194. The molecule has 0 N–H and O–H groups in total. The Balaban J connectivity index is 0.000000793. The van der Waals surface area contributed by atoms with Crippen molar-refractivity contribution in [2.75, 3.05) is 0 Å². The molecule has 4 saturated carbocycles. The van der Waals surface area contributed by atoms with Crippen LogP contribution in [0.15, 0.2) is 65.8 Å². The Hall–Kier alpha value is -1.56. The van der Waals surface area contributed by atoms with Crippen molar-refractivity contribution in [1.29, 1.82) is 0 Å². The van der Waals surface area contributed by atoms with Crippen molar-refractivity contribution in [2.45, 2.75) is 280 Å². The molecule has 0 heteroatoms. The molecule has 0 spiro atoms. The van der Waals surface area contributed by atoms with E-state index in [0.29, 0.717) is 10.8 Å². The molecular formula is C68H126. The smallest absolute Gasteiger partial charge is 0.0183 e. The average molecular weight is 944 g/mol. The molecule has 0 aromatic heterocycles. The van der Waals surface area contributed by atoms with Gasteiger partial charge in [-0.1, -0.05) is 235 Å². The van der Waals surface area contributed by atoms with E-state index in [1.54, 1.807) is 0 Å². The van der Waals surface area contributed by atoms with Gasteiger partial charge >= 0.3 is 0 Å². The van der Waals surface area contributed by atoms with Crippen LogP contribution < -0.4 is 0 Å². The first kappa shape index (κ1) is 66.4. The number of hydrogen-bond acceptors (Lipinski definition) is 0. The Morgan fingerprint density at radius 2 is 1.04 bits per heavy atom. The molecule has 4 aliphatic rings. The van der Waals surface area contributed by atoms with E-state index in [2.05, 4.69) is 194 Å². The molecular weight excluding hydrogens is 817 g/mol. The van der Waals surface area contributed by atoms with E-state index in [-0.39, 0.29) is 0 Å². The fraction of sp³-hybridized carbons (Fsp3) is 0.824. The molecule has 0 aliphatic heterocycles. The second-order valence-corrected chi connectivity index (χ2v) is 27.4. The molecule has 0 radical (unpaired) electrons. The van der Waals surface area contributed by atoms with Gasteiger partial charge in [0, 0.05) is 0 Å². The van der Waals surface area contributed by atoms with Crippen molar-refractivity contribution < 1.29 is 0 Å². The fourth-order valence-corrected chi connectivity index (χ4v) is 12.1. The molecule has 0 unspecified atom stereocenters. The molecule has 5 rings (SSSR count). The third-order valence-corrected chi connectivity index (χ3v) is 16.5. The van der Waals surface area contributed by atoms with Crippen LogP contribution in [-0.2, 0) is 6.42 Å². The summed E-state index contributed by atoms with van der Waals surface area (Å²) in [6, 6.07) is 10.7. The SMILES string of the molecule is C=C(C)[C@@H]1CC[C@@H](C)C[C@H]1C.CC(C)(C)CCC1CCCCC1.CC(C)(C)CCc1ccccc1.CC(C)[C@@H]1CC[C@@H](C)C[C@@H]1C.CC(C)[C@@H]1CC[C@@H](C)C[C@H]1C.CC/C=C(/C)CCC=C(C)C. The second kappa shape index (κ2) is 36.4. The monoisotopic (exact) mass is 943 g/mol. The Morgan fingerprint density at radius 3 is 1.43 bits per heavy atom. The largest absolute Gasteiger partial charge is 0.0999 e. The lowest BCUT2D eigenvalue weighted by atomic mass is 9.71. The minimum Gasteiger partial charge on any atom is -0.0999 e. The summed E-state index contributed by atoms with van der Waals surface area (Å²) in [7, 11) is 0. The van der Waals surface area contributed by atoms with Gasteiger partial charge in [-0.3, -0.25) is 0 Å². The third-order valence-electron chi connectivity index (χ3n) is 16.5. The van der Waals surface area contributed by atoms with E-state index in [1.165, 1.54) is 157 Å². The fourth-order valence-electron chi connectivity index (χ4n) is 12.1. The first-order valence-corrected chi connectivity index (χ1v) is 29.6. The number of benzene rings is 1. The zero-order chi connectivity index (χ0) is 52.0. The molecule has 0 nitrogen and oxygen atoms in total.